The maximum atomic E-state index is 11.8. The van der Waals surface area contributed by atoms with Crippen molar-refractivity contribution in [2.75, 3.05) is 32.6 Å². The van der Waals surface area contributed by atoms with Crippen LogP contribution in [-0.4, -0.2) is 55.9 Å². The molecule has 3 rings (SSSR count). The second kappa shape index (κ2) is 6.14. The van der Waals surface area contributed by atoms with E-state index >= 15 is 0 Å². The Bertz CT molecular complexity index is 607. The standard InChI is InChI=1S/C15H22N2O4S/c1-22(18,19)17-8-9-21-15(12-17)6-2-4-13(15)11-20-14-5-3-7-16-10-14/h3,5,7,10,13H,2,4,6,8-9,11-12H2,1H3/t13-,15+/m0/s1. The highest BCUT2D eigenvalue weighted by Crippen LogP contribution is 2.41. The zero-order chi connectivity index (χ0) is 15.6. The summed E-state index contributed by atoms with van der Waals surface area (Å²) >= 11 is 0. The summed E-state index contributed by atoms with van der Waals surface area (Å²) < 4.78 is 37.1. The van der Waals surface area contributed by atoms with Gasteiger partial charge in [0, 0.05) is 25.2 Å². The van der Waals surface area contributed by atoms with Crippen LogP contribution in [0.5, 0.6) is 5.75 Å². The first-order valence-corrected chi connectivity index (χ1v) is 9.46. The van der Waals surface area contributed by atoms with Gasteiger partial charge in [0.05, 0.1) is 31.3 Å². The Morgan fingerprint density at radius 1 is 1.55 bits per heavy atom. The summed E-state index contributed by atoms with van der Waals surface area (Å²) in [4.78, 5) is 4.03. The van der Waals surface area contributed by atoms with Gasteiger partial charge in [0.25, 0.3) is 0 Å². The van der Waals surface area contributed by atoms with Crippen molar-refractivity contribution in [1.29, 1.82) is 0 Å². The van der Waals surface area contributed by atoms with Crippen molar-refractivity contribution in [3.63, 3.8) is 0 Å². The Hall–Kier alpha value is -1.18. The van der Waals surface area contributed by atoms with Crippen LogP contribution in [0.4, 0.5) is 0 Å². The Kier molecular flexibility index (Phi) is 4.38. The molecule has 2 heterocycles. The van der Waals surface area contributed by atoms with Gasteiger partial charge in [0.2, 0.25) is 10.0 Å². The third-order valence-electron chi connectivity index (χ3n) is 4.63. The number of hydrogen-bond acceptors (Lipinski definition) is 5. The van der Waals surface area contributed by atoms with E-state index < -0.39 is 15.6 Å². The Morgan fingerprint density at radius 2 is 2.41 bits per heavy atom. The Balaban J connectivity index is 1.69. The highest BCUT2D eigenvalue weighted by molar-refractivity contribution is 7.88. The van der Waals surface area contributed by atoms with E-state index in [9.17, 15) is 8.42 Å². The van der Waals surface area contributed by atoms with Gasteiger partial charge in [0.1, 0.15) is 5.75 Å². The third kappa shape index (κ3) is 3.26. The highest BCUT2D eigenvalue weighted by Gasteiger charge is 2.48. The van der Waals surface area contributed by atoms with Crippen molar-refractivity contribution in [1.82, 2.24) is 9.29 Å². The molecule has 0 bridgehead atoms. The number of aromatic nitrogens is 1. The molecule has 0 N–H and O–H groups in total. The van der Waals surface area contributed by atoms with Crippen LogP contribution >= 0.6 is 0 Å². The van der Waals surface area contributed by atoms with Crippen LogP contribution in [0.25, 0.3) is 0 Å². The third-order valence-corrected chi connectivity index (χ3v) is 5.88. The minimum atomic E-state index is -3.18. The van der Waals surface area contributed by atoms with Crippen molar-refractivity contribution in [2.24, 2.45) is 5.92 Å². The van der Waals surface area contributed by atoms with Gasteiger partial charge < -0.3 is 9.47 Å². The molecule has 0 aromatic carbocycles. The molecular weight excluding hydrogens is 304 g/mol. The first-order valence-electron chi connectivity index (χ1n) is 7.61. The van der Waals surface area contributed by atoms with E-state index in [1.54, 1.807) is 16.7 Å². The average Bonchev–Trinajstić information content (AvgIpc) is 2.87. The minimum Gasteiger partial charge on any atom is -0.492 e. The van der Waals surface area contributed by atoms with Crippen LogP contribution in [0, 0.1) is 5.92 Å². The van der Waals surface area contributed by atoms with E-state index in [1.165, 1.54) is 6.26 Å². The first kappa shape index (κ1) is 15.7. The summed E-state index contributed by atoms with van der Waals surface area (Å²) in [5.41, 5.74) is -0.399. The van der Waals surface area contributed by atoms with Crippen LogP contribution in [0.2, 0.25) is 0 Å². The summed E-state index contributed by atoms with van der Waals surface area (Å²) in [5.74, 6) is 0.942. The smallest absolute Gasteiger partial charge is 0.211 e. The molecular formula is C15H22N2O4S. The molecule has 1 saturated heterocycles. The van der Waals surface area contributed by atoms with Crippen molar-refractivity contribution in [3.8, 4) is 5.75 Å². The maximum Gasteiger partial charge on any atom is 0.211 e. The van der Waals surface area contributed by atoms with Gasteiger partial charge in [-0.15, -0.1) is 0 Å². The normalized spacial score (nSPS) is 29.8. The van der Waals surface area contributed by atoms with Crippen molar-refractivity contribution in [3.05, 3.63) is 24.5 Å². The summed E-state index contributed by atoms with van der Waals surface area (Å²) in [7, 11) is -3.18. The monoisotopic (exact) mass is 326 g/mol. The van der Waals surface area contributed by atoms with Crippen molar-refractivity contribution < 1.29 is 17.9 Å². The lowest BCUT2D eigenvalue weighted by molar-refractivity contribution is -0.118. The molecule has 6 nitrogen and oxygen atoms in total. The van der Waals surface area contributed by atoms with E-state index in [-0.39, 0.29) is 5.92 Å². The summed E-state index contributed by atoms with van der Waals surface area (Å²) in [6.07, 6.45) is 7.59. The molecule has 1 aromatic heterocycles. The molecule has 1 aromatic rings. The topological polar surface area (TPSA) is 68.7 Å². The quantitative estimate of drug-likeness (QED) is 0.834. The molecule has 122 valence electrons. The molecule has 22 heavy (non-hydrogen) atoms. The molecule has 2 atom stereocenters. The fourth-order valence-corrected chi connectivity index (χ4v) is 4.29. The number of sulfonamides is 1. The Morgan fingerprint density at radius 3 is 3.14 bits per heavy atom. The van der Waals surface area contributed by atoms with Crippen molar-refractivity contribution in [2.45, 2.75) is 24.9 Å². The second-order valence-electron chi connectivity index (χ2n) is 6.10. The van der Waals surface area contributed by atoms with Crippen LogP contribution in [0.15, 0.2) is 24.5 Å². The van der Waals surface area contributed by atoms with Crippen LogP contribution < -0.4 is 4.74 Å². The van der Waals surface area contributed by atoms with Gasteiger partial charge in [-0.05, 0) is 31.4 Å². The Labute approximate surface area is 131 Å². The maximum absolute atomic E-state index is 11.8. The largest absolute Gasteiger partial charge is 0.492 e. The lowest BCUT2D eigenvalue weighted by Gasteiger charge is -2.43. The molecule has 2 aliphatic rings. The number of ether oxygens (including phenoxy) is 2. The average molecular weight is 326 g/mol. The van der Waals surface area contributed by atoms with Crippen LogP contribution in [0.3, 0.4) is 0 Å². The van der Waals surface area contributed by atoms with Gasteiger partial charge in [-0.2, -0.15) is 4.31 Å². The number of hydrogen-bond donors (Lipinski definition) is 0. The number of rotatable bonds is 4. The molecule has 0 amide bonds. The number of nitrogens with zero attached hydrogens (tertiary/aromatic N) is 2. The summed E-state index contributed by atoms with van der Waals surface area (Å²) in [5, 5.41) is 0. The van der Waals surface area contributed by atoms with E-state index in [2.05, 4.69) is 4.98 Å². The van der Waals surface area contributed by atoms with E-state index in [1.807, 2.05) is 12.1 Å². The highest BCUT2D eigenvalue weighted by atomic mass is 32.2. The first-order chi connectivity index (χ1) is 10.5. The molecule has 2 fully saturated rings. The summed E-state index contributed by atoms with van der Waals surface area (Å²) in [6, 6.07) is 3.71. The van der Waals surface area contributed by atoms with Crippen LogP contribution in [-0.2, 0) is 14.8 Å². The van der Waals surface area contributed by atoms with Crippen molar-refractivity contribution >= 4 is 10.0 Å². The number of morpholine rings is 1. The van der Waals surface area contributed by atoms with Gasteiger partial charge in [-0.3, -0.25) is 4.98 Å². The molecule has 1 aliphatic heterocycles. The SMILES string of the molecule is CS(=O)(=O)N1CCO[C@]2(CCC[C@H]2COc2cccnc2)C1. The zero-order valence-electron chi connectivity index (χ0n) is 12.8. The van der Waals surface area contributed by atoms with E-state index in [0.717, 1.165) is 25.0 Å². The predicted molar refractivity (Wildman–Crippen MR) is 82.2 cm³/mol. The van der Waals surface area contributed by atoms with Gasteiger partial charge in [-0.25, -0.2) is 8.42 Å². The molecule has 0 unspecified atom stereocenters. The van der Waals surface area contributed by atoms with Crippen LogP contribution in [0.1, 0.15) is 19.3 Å². The molecule has 7 heteroatoms. The fourth-order valence-electron chi connectivity index (χ4n) is 3.43. The molecule has 1 aliphatic carbocycles. The molecule has 1 spiro atoms. The molecule has 0 radical (unpaired) electrons. The van der Waals surface area contributed by atoms with Gasteiger partial charge in [-0.1, -0.05) is 0 Å². The fraction of sp³-hybridized carbons (Fsp3) is 0.667. The number of pyridine rings is 1. The zero-order valence-corrected chi connectivity index (χ0v) is 13.6. The van der Waals surface area contributed by atoms with Gasteiger partial charge in [0.15, 0.2) is 0 Å². The minimum absolute atomic E-state index is 0.206. The van der Waals surface area contributed by atoms with E-state index in [4.69, 9.17) is 9.47 Å². The summed E-state index contributed by atoms with van der Waals surface area (Å²) in [6.45, 7) is 1.86. The predicted octanol–water partition coefficient (Wildman–Crippen LogP) is 1.29. The lowest BCUT2D eigenvalue weighted by atomic mass is 9.90. The van der Waals surface area contributed by atoms with E-state index in [0.29, 0.717) is 26.3 Å². The second-order valence-corrected chi connectivity index (χ2v) is 8.08. The lowest BCUT2D eigenvalue weighted by Crippen LogP contribution is -2.56. The van der Waals surface area contributed by atoms with Gasteiger partial charge >= 0.3 is 0 Å². The molecule has 1 saturated carbocycles.